The Labute approximate surface area is 123 Å². The van der Waals surface area contributed by atoms with Crippen molar-refractivity contribution in [2.75, 3.05) is 13.2 Å². The summed E-state index contributed by atoms with van der Waals surface area (Å²) in [5, 5.41) is 9.33. The number of fused-ring (bicyclic) bond motifs is 1. The average Bonchev–Trinajstić information content (AvgIpc) is 2.88. The number of rotatable bonds is 2. The van der Waals surface area contributed by atoms with Crippen molar-refractivity contribution in [2.24, 2.45) is 11.8 Å². The van der Waals surface area contributed by atoms with Crippen LogP contribution < -0.4 is 4.74 Å². The van der Waals surface area contributed by atoms with E-state index in [9.17, 15) is 14.7 Å². The molecule has 3 unspecified atom stereocenters. The number of likely N-dealkylation sites (tertiary alicyclic amines) is 1. The van der Waals surface area contributed by atoms with E-state index in [0.29, 0.717) is 19.6 Å². The molecule has 0 bridgehead atoms. The zero-order valence-electron chi connectivity index (χ0n) is 12.0. The van der Waals surface area contributed by atoms with Crippen molar-refractivity contribution >= 4 is 11.9 Å². The molecule has 1 amide bonds. The van der Waals surface area contributed by atoms with Gasteiger partial charge in [-0.15, -0.1) is 0 Å². The molecular weight excluding hydrogens is 270 g/mol. The van der Waals surface area contributed by atoms with Gasteiger partial charge in [0.1, 0.15) is 18.4 Å². The molecule has 0 spiro atoms. The van der Waals surface area contributed by atoms with E-state index >= 15 is 0 Å². The maximum absolute atomic E-state index is 12.7. The van der Waals surface area contributed by atoms with Crippen LogP contribution in [0.15, 0.2) is 24.3 Å². The summed E-state index contributed by atoms with van der Waals surface area (Å²) < 4.78 is 5.64. The van der Waals surface area contributed by atoms with Crippen molar-refractivity contribution in [3.63, 3.8) is 0 Å². The maximum atomic E-state index is 12.7. The van der Waals surface area contributed by atoms with Gasteiger partial charge in [0.2, 0.25) is 5.91 Å². The van der Waals surface area contributed by atoms with Crippen LogP contribution in [0.1, 0.15) is 18.9 Å². The number of aliphatic carboxylic acids is 1. The van der Waals surface area contributed by atoms with Crippen LogP contribution in [-0.2, 0) is 16.0 Å². The predicted molar refractivity (Wildman–Crippen MR) is 76.0 cm³/mol. The summed E-state index contributed by atoms with van der Waals surface area (Å²) in [5.74, 6) is -0.465. The molecule has 1 N–H and O–H groups in total. The Hall–Kier alpha value is -2.04. The van der Waals surface area contributed by atoms with Gasteiger partial charge in [-0.3, -0.25) is 4.79 Å². The van der Waals surface area contributed by atoms with Crippen LogP contribution in [0.2, 0.25) is 0 Å². The molecule has 0 aliphatic carbocycles. The van der Waals surface area contributed by atoms with Crippen molar-refractivity contribution < 1.29 is 19.4 Å². The average molecular weight is 289 g/mol. The van der Waals surface area contributed by atoms with Crippen LogP contribution in [0.25, 0.3) is 0 Å². The molecule has 21 heavy (non-hydrogen) atoms. The number of carboxylic acid groups (broad SMARTS) is 1. The SMILES string of the molecule is CC1CCN(C(=O)C2COc3ccccc3C2)C1C(=O)O. The van der Waals surface area contributed by atoms with E-state index in [0.717, 1.165) is 17.7 Å². The molecular formula is C16H19NO4. The highest BCUT2D eigenvalue weighted by molar-refractivity contribution is 5.86. The summed E-state index contributed by atoms with van der Waals surface area (Å²) in [6.07, 6.45) is 1.36. The molecule has 0 aromatic heterocycles. The van der Waals surface area contributed by atoms with Gasteiger partial charge in [0, 0.05) is 6.54 Å². The number of hydrogen-bond acceptors (Lipinski definition) is 3. The van der Waals surface area contributed by atoms with Gasteiger partial charge in [-0.1, -0.05) is 25.1 Å². The largest absolute Gasteiger partial charge is 0.492 e. The first-order chi connectivity index (χ1) is 10.1. The zero-order valence-corrected chi connectivity index (χ0v) is 12.0. The van der Waals surface area contributed by atoms with Crippen molar-refractivity contribution in [1.29, 1.82) is 0 Å². The number of nitrogens with zero attached hydrogens (tertiary/aromatic N) is 1. The van der Waals surface area contributed by atoms with Gasteiger partial charge in [0.25, 0.3) is 0 Å². The lowest BCUT2D eigenvalue weighted by Crippen LogP contribution is -2.47. The lowest BCUT2D eigenvalue weighted by molar-refractivity contribution is -0.151. The monoisotopic (exact) mass is 289 g/mol. The molecule has 3 atom stereocenters. The molecule has 1 fully saturated rings. The maximum Gasteiger partial charge on any atom is 0.326 e. The van der Waals surface area contributed by atoms with Crippen LogP contribution in [0, 0.1) is 11.8 Å². The van der Waals surface area contributed by atoms with E-state index in [-0.39, 0.29) is 17.7 Å². The molecule has 5 heteroatoms. The number of hydrogen-bond donors (Lipinski definition) is 1. The third-order valence-electron chi connectivity index (χ3n) is 4.46. The lowest BCUT2D eigenvalue weighted by Gasteiger charge is -2.30. The molecule has 112 valence electrons. The Morgan fingerprint density at radius 3 is 2.86 bits per heavy atom. The number of carboxylic acids is 1. The Morgan fingerprint density at radius 1 is 1.33 bits per heavy atom. The summed E-state index contributed by atoms with van der Waals surface area (Å²) >= 11 is 0. The Balaban J connectivity index is 1.76. The first-order valence-electron chi connectivity index (χ1n) is 7.32. The van der Waals surface area contributed by atoms with E-state index in [4.69, 9.17) is 4.74 Å². The smallest absolute Gasteiger partial charge is 0.326 e. The van der Waals surface area contributed by atoms with E-state index in [1.807, 2.05) is 31.2 Å². The first kappa shape index (κ1) is 13.9. The molecule has 1 aromatic carbocycles. The van der Waals surface area contributed by atoms with Crippen molar-refractivity contribution in [1.82, 2.24) is 4.90 Å². The fourth-order valence-electron chi connectivity index (χ4n) is 3.29. The summed E-state index contributed by atoms with van der Waals surface area (Å²) in [6, 6.07) is 6.98. The van der Waals surface area contributed by atoms with Crippen LogP contribution in [0.4, 0.5) is 0 Å². The van der Waals surface area contributed by atoms with Crippen LogP contribution in [0.3, 0.4) is 0 Å². The van der Waals surface area contributed by atoms with Gasteiger partial charge in [-0.2, -0.15) is 0 Å². The van der Waals surface area contributed by atoms with Crippen molar-refractivity contribution in [3.8, 4) is 5.75 Å². The summed E-state index contributed by atoms with van der Waals surface area (Å²) in [4.78, 5) is 25.6. The van der Waals surface area contributed by atoms with Gasteiger partial charge in [0.05, 0.1) is 5.92 Å². The zero-order chi connectivity index (χ0) is 15.0. The Bertz CT molecular complexity index is 571. The molecule has 3 rings (SSSR count). The van der Waals surface area contributed by atoms with Gasteiger partial charge < -0.3 is 14.7 Å². The van der Waals surface area contributed by atoms with E-state index < -0.39 is 12.0 Å². The third kappa shape index (κ3) is 2.48. The first-order valence-corrected chi connectivity index (χ1v) is 7.32. The minimum absolute atomic E-state index is 0.00300. The number of ether oxygens (including phenoxy) is 1. The number of carbonyl (C=O) groups excluding carboxylic acids is 1. The second kappa shape index (κ2) is 5.39. The summed E-state index contributed by atoms with van der Waals surface area (Å²) in [7, 11) is 0. The fourth-order valence-corrected chi connectivity index (χ4v) is 3.29. The second-order valence-corrected chi connectivity index (χ2v) is 5.90. The minimum atomic E-state index is -0.912. The van der Waals surface area contributed by atoms with Crippen LogP contribution in [-0.4, -0.2) is 41.1 Å². The number of amides is 1. The van der Waals surface area contributed by atoms with Crippen LogP contribution in [0.5, 0.6) is 5.75 Å². The minimum Gasteiger partial charge on any atom is -0.492 e. The van der Waals surface area contributed by atoms with Gasteiger partial charge in [0.15, 0.2) is 0 Å². The summed E-state index contributed by atoms with van der Waals surface area (Å²) in [5.41, 5.74) is 1.02. The highest BCUT2D eigenvalue weighted by Gasteiger charge is 2.42. The molecule has 1 aromatic rings. The molecule has 2 heterocycles. The molecule has 5 nitrogen and oxygen atoms in total. The highest BCUT2D eigenvalue weighted by atomic mass is 16.5. The van der Waals surface area contributed by atoms with E-state index in [1.165, 1.54) is 4.90 Å². The van der Waals surface area contributed by atoms with E-state index in [1.54, 1.807) is 0 Å². The number of benzene rings is 1. The summed E-state index contributed by atoms with van der Waals surface area (Å²) in [6.45, 7) is 2.74. The van der Waals surface area contributed by atoms with Gasteiger partial charge in [-0.05, 0) is 30.4 Å². The Morgan fingerprint density at radius 2 is 2.10 bits per heavy atom. The molecule has 1 saturated heterocycles. The van der Waals surface area contributed by atoms with Gasteiger partial charge >= 0.3 is 5.97 Å². The van der Waals surface area contributed by atoms with Crippen LogP contribution >= 0.6 is 0 Å². The second-order valence-electron chi connectivity index (χ2n) is 5.90. The molecule has 0 saturated carbocycles. The molecule has 2 aliphatic heterocycles. The topological polar surface area (TPSA) is 66.8 Å². The van der Waals surface area contributed by atoms with Gasteiger partial charge in [-0.25, -0.2) is 4.79 Å². The highest BCUT2D eigenvalue weighted by Crippen LogP contribution is 2.31. The standard InChI is InChI=1S/C16H19NO4/c1-10-6-7-17(14(10)16(19)20)15(18)12-8-11-4-2-3-5-13(11)21-9-12/h2-5,10,12,14H,6-9H2,1H3,(H,19,20). The molecule has 0 radical (unpaired) electrons. The Kier molecular flexibility index (Phi) is 3.57. The predicted octanol–water partition coefficient (Wildman–Crippen LogP) is 1.56. The van der Waals surface area contributed by atoms with Crippen molar-refractivity contribution in [2.45, 2.75) is 25.8 Å². The quantitative estimate of drug-likeness (QED) is 0.897. The lowest BCUT2D eigenvalue weighted by atomic mass is 9.95. The molecule has 2 aliphatic rings. The fraction of sp³-hybridized carbons (Fsp3) is 0.500. The van der Waals surface area contributed by atoms with Crippen molar-refractivity contribution in [3.05, 3.63) is 29.8 Å². The number of carbonyl (C=O) groups is 2. The third-order valence-corrected chi connectivity index (χ3v) is 4.46. The number of para-hydroxylation sites is 1. The normalized spacial score (nSPS) is 27.9. The van der Waals surface area contributed by atoms with E-state index in [2.05, 4.69) is 0 Å².